The van der Waals surface area contributed by atoms with Crippen LogP contribution in [0.15, 0.2) is 16.9 Å². The highest BCUT2D eigenvalue weighted by Crippen LogP contribution is 2.46. The molecule has 3 aromatic rings. The van der Waals surface area contributed by atoms with E-state index in [9.17, 15) is 29.0 Å². The zero-order chi connectivity index (χ0) is 28.0. The first-order valence-corrected chi connectivity index (χ1v) is 13.2. The van der Waals surface area contributed by atoms with E-state index in [1.807, 2.05) is 6.92 Å². The number of nitrogens with one attached hydrogen (secondary N) is 1. The summed E-state index contributed by atoms with van der Waals surface area (Å²) in [5, 5.41) is 24.7. The van der Waals surface area contributed by atoms with Crippen LogP contribution in [0, 0.1) is 6.92 Å². The Hall–Kier alpha value is -3.34. The summed E-state index contributed by atoms with van der Waals surface area (Å²) < 4.78 is 21.4. The van der Waals surface area contributed by atoms with Crippen molar-refractivity contribution in [1.29, 1.82) is 0 Å². The number of ether oxygens (including phenoxy) is 1. The Morgan fingerprint density at radius 2 is 2.08 bits per heavy atom. The molecule has 0 radical (unpaired) electrons. The number of aryl methyl sites for hydroxylation is 1. The van der Waals surface area contributed by atoms with Crippen LogP contribution in [-0.2, 0) is 39.5 Å². The number of halogens is 2. The maximum absolute atomic E-state index is 14.7. The zero-order valence-corrected chi connectivity index (χ0v) is 22.4. The summed E-state index contributed by atoms with van der Waals surface area (Å²) in [4.78, 5) is 43.8. The molecule has 0 saturated carbocycles. The minimum Gasteiger partial charge on any atom is -0.458 e. The molecule has 3 aliphatic rings. The maximum Gasteiger partial charge on any atom is 0.343 e. The lowest BCUT2D eigenvalue weighted by molar-refractivity contribution is -0.172. The van der Waals surface area contributed by atoms with E-state index in [0.29, 0.717) is 40.3 Å². The number of pyridine rings is 2. The molecule has 4 heterocycles. The first-order chi connectivity index (χ1) is 18.4. The summed E-state index contributed by atoms with van der Waals surface area (Å²) >= 11 is 6.56. The Kier molecular flexibility index (Phi) is 5.70. The Bertz CT molecular complexity index is 1680. The van der Waals surface area contributed by atoms with Crippen molar-refractivity contribution in [3.63, 3.8) is 0 Å². The quantitative estimate of drug-likeness (QED) is 0.330. The van der Waals surface area contributed by atoms with Crippen LogP contribution >= 0.6 is 11.6 Å². The highest BCUT2D eigenvalue weighted by atomic mass is 35.5. The highest BCUT2D eigenvalue weighted by molar-refractivity contribution is 6.32. The number of alkyl halides is 1. The molecule has 0 fully saturated rings. The molecule has 3 N–H and O–H groups in total. The van der Waals surface area contributed by atoms with Gasteiger partial charge in [-0.25, -0.2) is 14.2 Å². The van der Waals surface area contributed by atoms with E-state index in [4.69, 9.17) is 21.3 Å². The van der Waals surface area contributed by atoms with Gasteiger partial charge < -0.3 is 24.8 Å². The average Bonchev–Trinajstić information content (AvgIpc) is 3.28. The summed E-state index contributed by atoms with van der Waals surface area (Å²) in [6.45, 7) is 3.49. The Balaban J connectivity index is 1.62. The van der Waals surface area contributed by atoms with Crippen molar-refractivity contribution in [1.82, 2.24) is 14.9 Å². The first kappa shape index (κ1) is 25.9. The van der Waals surface area contributed by atoms with Crippen molar-refractivity contribution in [3.05, 3.63) is 60.9 Å². The lowest BCUT2D eigenvalue weighted by Crippen LogP contribution is -2.46. The Morgan fingerprint density at radius 1 is 1.33 bits per heavy atom. The number of hydrogen-bond acceptors (Lipinski definition) is 7. The van der Waals surface area contributed by atoms with Gasteiger partial charge >= 0.3 is 5.97 Å². The molecule has 0 saturated heterocycles. The molecule has 204 valence electrons. The number of aromatic nitrogens is 2. The molecule has 0 bridgehead atoms. The summed E-state index contributed by atoms with van der Waals surface area (Å²) in [7, 11) is 0. The fourth-order valence-corrected chi connectivity index (χ4v) is 6.30. The van der Waals surface area contributed by atoms with Crippen molar-refractivity contribution in [2.45, 2.75) is 70.5 Å². The van der Waals surface area contributed by atoms with Crippen LogP contribution in [0.5, 0.6) is 0 Å². The second kappa shape index (κ2) is 8.58. The number of cyclic esters (lactones) is 1. The van der Waals surface area contributed by atoms with Crippen LogP contribution in [-0.4, -0.2) is 43.9 Å². The summed E-state index contributed by atoms with van der Waals surface area (Å²) in [5.74, 6) is -1.75. The molecule has 3 atom stereocenters. The van der Waals surface area contributed by atoms with Gasteiger partial charge in [0.05, 0.1) is 41.7 Å². The highest BCUT2D eigenvalue weighted by Gasteiger charge is 2.46. The molecule has 1 amide bonds. The zero-order valence-electron chi connectivity index (χ0n) is 21.7. The standard InChI is InChI=1S/C28H27ClFN3O6/c1-4-28(38)16-7-20-23-14(9-33(20)24(35)15(16)10-39-26(28)37)22-18(32-25(36)27(3,30)11-34)6-5-13-12(2)17(29)8-19(31-23)21(13)22/h7-8,18,34,38H,4-6,9-11H2,1-3H3,(H,32,36)/t18-,27?,28-/m0/s1. The minimum absolute atomic E-state index is 0.0180. The molecular formula is C28H27ClFN3O6. The van der Waals surface area contributed by atoms with E-state index in [1.165, 1.54) is 4.57 Å². The van der Waals surface area contributed by atoms with Crippen molar-refractivity contribution < 1.29 is 28.9 Å². The SMILES string of the molecule is CC[C@@]1(O)C(=O)OCc2c1cc1n(c2=O)Cc2c-1nc1cc(Cl)c(C)c3c1c2[C@@H](NC(=O)C(C)(F)CO)CC3. The molecule has 1 aromatic carbocycles. The first-order valence-electron chi connectivity index (χ1n) is 12.8. The molecule has 11 heteroatoms. The number of benzene rings is 1. The van der Waals surface area contributed by atoms with Crippen molar-refractivity contribution in [2.75, 3.05) is 6.61 Å². The molecule has 0 spiro atoms. The number of rotatable bonds is 4. The monoisotopic (exact) mass is 555 g/mol. The normalized spacial score (nSPS) is 22.5. The predicted octanol–water partition coefficient (Wildman–Crippen LogP) is 2.87. The number of carbonyl (C=O) groups is 2. The largest absolute Gasteiger partial charge is 0.458 e. The van der Waals surface area contributed by atoms with Gasteiger partial charge in [0.15, 0.2) is 5.60 Å². The molecule has 1 unspecified atom stereocenters. The maximum atomic E-state index is 14.7. The van der Waals surface area contributed by atoms with Gasteiger partial charge in [0.25, 0.3) is 11.5 Å². The fourth-order valence-electron chi connectivity index (χ4n) is 6.08. The van der Waals surface area contributed by atoms with E-state index < -0.39 is 41.4 Å². The third-order valence-electron chi connectivity index (χ3n) is 8.45. The molecule has 2 aromatic heterocycles. The number of carbonyl (C=O) groups excluding carboxylic acids is 2. The lowest BCUT2D eigenvalue weighted by atomic mass is 9.81. The van der Waals surface area contributed by atoms with Crippen LogP contribution in [0.1, 0.15) is 66.1 Å². The molecule has 2 aliphatic heterocycles. The van der Waals surface area contributed by atoms with Crippen molar-refractivity contribution in [3.8, 4) is 11.4 Å². The van der Waals surface area contributed by atoms with E-state index in [1.54, 1.807) is 19.1 Å². The Labute approximate surface area is 227 Å². The van der Waals surface area contributed by atoms with Crippen LogP contribution in [0.3, 0.4) is 0 Å². The number of aliphatic hydroxyl groups excluding tert-OH is 1. The second-order valence-corrected chi connectivity index (χ2v) is 11.1. The van der Waals surface area contributed by atoms with Gasteiger partial charge in [0, 0.05) is 21.5 Å². The van der Waals surface area contributed by atoms with Crippen molar-refractivity contribution in [2.24, 2.45) is 0 Å². The van der Waals surface area contributed by atoms with Crippen LogP contribution in [0.4, 0.5) is 4.39 Å². The third-order valence-corrected chi connectivity index (χ3v) is 8.85. The smallest absolute Gasteiger partial charge is 0.343 e. The van der Waals surface area contributed by atoms with Gasteiger partial charge in [-0.1, -0.05) is 18.5 Å². The van der Waals surface area contributed by atoms with Gasteiger partial charge in [-0.2, -0.15) is 0 Å². The van der Waals surface area contributed by atoms with Gasteiger partial charge in [-0.3, -0.25) is 9.59 Å². The van der Waals surface area contributed by atoms with Crippen LogP contribution < -0.4 is 10.9 Å². The van der Waals surface area contributed by atoms with Crippen LogP contribution in [0.25, 0.3) is 22.3 Å². The van der Waals surface area contributed by atoms with Gasteiger partial charge in [0.1, 0.15) is 6.61 Å². The number of aliphatic hydroxyl groups is 2. The number of hydrogen-bond donors (Lipinski definition) is 3. The minimum atomic E-state index is -2.47. The van der Waals surface area contributed by atoms with Gasteiger partial charge in [-0.05, 0) is 61.9 Å². The van der Waals surface area contributed by atoms with Crippen molar-refractivity contribution >= 4 is 34.4 Å². The molecular weight excluding hydrogens is 529 g/mol. The summed E-state index contributed by atoms with van der Waals surface area (Å²) in [5.41, 5.74) is 0.274. The van der Waals surface area contributed by atoms with E-state index >= 15 is 0 Å². The van der Waals surface area contributed by atoms with Gasteiger partial charge in [0.2, 0.25) is 5.67 Å². The van der Waals surface area contributed by atoms with Crippen LogP contribution in [0.2, 0.25) is 5.02 Å². The summed E-state index contributed by atoms with van der Waals surface area (Å²) in [6, 6.07) is 2.74. The third kappa shape index (κ3) is 3.51. The predicted molar refractivity (Wildman–Crippen MR) is 140 cm³/mol. The lowest BCUT2D eigenvalue weighted by Gasteiger charge is -2.31. The van der Waals surface area contributed by atoms with Gasteiger partial charge in [-0.15, -0.1) is 0 Å². The number of nitrogens with zero attached hydrogens (tertiary/aromatic N) is 2. The topological polar surface area (TPSA) is 131 Å². The molecule has 9 nitrogen and oxygen atoms in total. The fraction of sp³-hybridized carbons (Fsp3) is 0.429. The van der Waals surface area contributed by atoms with E-state index in [2.05, 4.69) is 5.32 Å². The molecule has 6 rings (SSSR count). The second-order valence-electron chi connectivity index (χ2n) is 10.7. The Morgan fingerprint density at radius 3 is 2.77 bits per heavy atom. The average molecular weight is 556 g/mol. The molecule has 1 aliphatic carbocycles. The number of fused-ring (bicyclic) bond motifs is 5. The molecule has 39 heavy (non-hydrogen) atoms. The van der Waals surface area contributed by atoms with E-state index in [0.717, 1.165) is 29.0 Å². The van der Waals surface area contributed by atoms with E-state index in [-0.39, 0.29) is 30.7 Å². The summed E-state index contributed by atoms with van der Waals surface area (Å²) in [6.07, 6.45) is 1.03. The number of esters is 1. The number of amides is 1.